The van der Waals surface area contributed by atoms with Gasteiger partial charge in [-0.05, 0) is 44.2 Å². The highest BCUT2D eigenvalue weighted by atomic mass is 16.3. The van der Waals surface area contributed by atoms with E-state index in [0.29, 0.717) is 25.6 Å². The lowest BCUT2D eigenvalue weighted by atomic mass is 9.77. The molecule has 1 aromatic rings. The van der Waals surface area contributed by atoms with Crippen molar-refractivity contribution in [2.24, 2.45) is 5.41 Å². The predicted molar refractivity (Wildman–Crippen MR) is 96.7 cm³/mol. The largest absolute Gasteiger partial charge is 0.505 e. The van der Waals surface area contributed by atoms with Crippen molar-refractivity contribution in [3.8, 4) is 5.75 Å². The van der Waals surface area contributed by atoms with Crippen LogP contribution in [0.3, 0.4) is 0 Å². The van der Waals surface area contributed by atoms with Gasteiger partial charge in [0.2, 0.25) is 5.91 Å². The fraction of sp³-hybridized carbons (Fsp3) is 0.650. The van der Waals surface area contributed by atoms with Crippen molar-refractivity contribution in [3.05, 3.63) is 24.0 Å². The number of carbonyl (C=O) groups is 2. The molecular formula is C20H27N3O3. The third-order valence-electron chi connectivity index (χ3n) is 6.41. The van der Waals surface area contributed by atoms with E-state index in [1.807, 2.05) is 0 Å². The monoisotopic (exact) mass is 357 g/mol. The molecule has 1 atom stereocenters. The number of rotatable bonds is 2. The molecule has 0 aromatic carbocycles. The van der Waals surface area contributed by atoms with Gasteiger partial charge in [-0.1, -0.05) is 19.3 Å². The molecule has 3 fully saturated rings. The maximum Gasteiger partial charge on any atom is 0.276 e. The van der Waals surface area contributed by atoms with Crippen molar-refractivity contribution in [2.75, 3.05) is 19.6 Å². The summed E-state index contributed by atoms with van der Waals surface area (Å²) in [6.07, 6.45) is 10.0. The molecule has 0 bridgehead atoms. The molecule has 1 unspecified atom stereocenters. The Morgan fingerprint density at radius 2 is 1.96 bits per heavy atom. The maximum atomic E-state index is 13.3. The van der Waals surface area contributed by atoms with Gasteiger partial charge in [-0.3, -0.25) is 9.59 Å². The third-order valence-corrected chi connectivity index (χ3v) is 6.41. The van der Waals surface area contributed by atoms with Gasteiger partial charge in [0.15, 0.2) is 5.69 Å². The summed E-state index contributed by atoms with van der Waals surface area (Å²) >= 11 is 0. The minimum absolute atomic E-state index is 0.0805. The van der Waals surface area contributed by atoms with Crippen molar-refractivity contribution in [1.29, 1.82) is 0 Å². The Kier molecular flexibility index (Phi) is 4.59. The number of carbonyl (C=O) groups excluding carboxylic acids is 2. The van der Waals surface area contributed by atoms with E-state index in [9.17, 15) is 14.7 Å². The zero-order valence-electron chi connectivity index (χ0n) is 15.2. The first-order valence-electron chi connectivity index (χ1n) is 9.85. The van der Waals surface area contributed by atoms with E-state index < -0.39 is 5.41 Å². The summed E-state index contributed by atoms with van der Waals surface area (Å²) in [5.41, 5.74) is -0.354. The van der Waals surface area contributed by atoms with E-state index in [-0.39, 0.29) is 23.3 Å². The van der Waals surface area contributed by atoms with E-state index in [0.717, 1.165) is 32.2 Å². The topological polar surface area (TPSA) is 73.7 Å². The van der Waals surface area contributed by atoms with E-state index in [2.05, 4.69) is 9.88 Å². The number of pyridine rings is 1. The molecule has 1 aliphatic carbocycles. The molecule has 1 saturated carbocycles. The van der Waals surface area contributed by atoms with Crippen molar-refractivity contribution in [1.82, 2.24) is 14.8 Å². The summed E-state index contributed by atoms with van der Waals surface area (Å²) in [5.74, 6) is -0.129. The Balaban J connectivity index is 1.50. The fourth-order valence-electron chi connectivity index (χ4n) is 4.98. The van der Waals surface area contributed by atoms with Crippen LogP contribution in [0.5, 0.6) is 5.75 Å². The number of aromatic hydroxyl groups is 1. The number of hydrogen-bond donors (Lipinski definition) is 1. The van der Waals surface area contributed by atoms with Crippen molar-refractivity contribution < 1.29 is 14.7 Å². The SMILES string of the molecule is O=C(c1ncccc1O)N1CCC2(CCCN(C3CCCCC3)C2=O)C1. The van der Waals surface area contributed by atoms with Crippen LogP contribution in [-0.2, 0) is 4.79 Å². The zero-order chi connectivity index (χ0) is 18.1. The van der Waals surface area contributed by atoms with Gasteiger partial charge in [0, 0.05) is 31.9 Å². The lowest BCUT2D eigenvalue weighted by Gasteiger charge is -2.44. The molecule has 1 spiro atoms. The smallest absolute Gasteiger partial charge is 0.276 e. The molecule has 6 nitrogen and oxygen atoms in total. The van der Waals surface area contributed by atoms with Crippen LogP contribution in [0.1, 0.15) is 61.9 Å². The second-order valence-electron chi connectivity index (χ2n) is 8.02. The molecule has 4 rings (SSSR count). The quantitative estimate of drug-likeness (QED) is 0.883. The van der Waals surface area contributed by atoms with Gasteiger partial charge in [-0.15, -0.1) is 0 Å². The number of amides is 2. The van der Waals surface area contributed by atoms with Gasteiger partial charge in [-0.25, -0.2) is 4.98 Å². The van der Waals surface area contributed by atoms with Gasteiger partial charge >= 0.3 is 0 Å². The predicted octanol–water partition coefficient (Wildman–Crippen LogP) is 2.57. The highest BCUT2D eigenvalue weighted by Crippen LogP contribution is 2.42. The van der Waals surface area contributed by atoms with Crippen LogP contribution in [0.15, 0.2) is 18.3 Å². The van der Waals surface area contributed by atoms with E-state index in [1.165, 1.54) is 31.5 Å². The molecule has 3 aliphatic rings. The van der Waals surface area contributed by atoms with E-state index >= 15 is 0 Å². The second-order valence-corrected chi connectivity index (χ2v) is 8.02. The molecule has 3 heterocycles. The van der Waals surface area contributed by atoms with Gasteiger partial charge in [0.1, 0.15) is 5.75 Å². The first kappa shape index (κ1) is 17.3. The van der Waals surface area contributed by atoms with Crippen LogP contribution in [0, 0.1) is 5.41 Å². The Labute approximate surface area is 154 Å². The van der Waals surface area contributed by atoms with Gasteiger partial charge in [0.05, 0.1) is 5.41 Å². The third kappa shape index (κ3) is 2.95. The van der Waals surface area contributed by atoms with E-state index in [4.69, 9.17) is 0 Å². The summed E-state index contributed by atoms with van der Waals surface area (Å²) < 4.78 is 0. The standard InChI is InChI=1S/C20H27N3O3/c24-16-8-4-11-21-17(16)18(25)22-13-10-20(14-22)9-5-12-23(19(20)26)15-6-2-1-3-7-15/h4,8,11,15,24H,1-3,5-7,9-10,12-14H2. The average molecular weight is 357 g/mol. The summed E-state index contributed by atoms with van der Waals surface area (Å²) in [6.45, 7) is 1.86. The molecule has 1 aromatic heterocycles. The molecule has 0 radical (unpaired) electrons. The van der Waals surface area contributed by atoms with Crippen molar-refractivity contribution >= 4 is 11.8 Å². The molecule has 2 aliphatic heterocycles. The zero-order valence-corrected chi connectivity index (χ0v) is 15.2. The van der Waals surface area contributed by atoms with Gasteiger partial charge in [0.25, 0.3) is 5.91 Å². The van der Waals surface area contributed by atoms with Gasteiger partial charge < -0.3 is 14.9 Å². The second kappa shape index (κ2) is 6.89. The molecule has 140 valence electrons. The summed E-state index contributed by atoms with van der Waals surface area (Å²) in [6, 6.07) is 3.46. The minimum Gasteiger partial charge on any atom is -0.505 e. The lowest BCUT2D eigenvalue weighted by Crippen LogP contribution is -2.54. The molecule has 2 amide bonds. The van der Waals surface area contributed by atoms with Crippen molar-refractivity contribution in [3.63, 3.8) is 0 Å². The van der Waals surface area contributed by atoms with Crippen LogP contribution < -0.4 is 0 Å². The molecule has 6 heteroatoms. The van der Waals surface area contributed by atoms with Crippen LogP contribution in [0.2, 0.25) is 0 Å². The fourth-order valence-corrected chi connectivity index (χ4v) is 4.98. The van der Waals surface area contributed by atoms with Crippen LogP contribution in [0.4, 0.5) is 0 Å². The van der Waals surface area contributed by atoms with Gasteiger partial charge in [-0.2, -0.15) is 0 Å². The molecular weight excluding hydrogens is 330 g/mol. The van der Waals surface area contributed by atoms with Crippen LogP contribution >= 0.6 is 0 Å². The number of nitrogens with zero attached hydrogens (tertiary/aromatic N) is 3. The normalized spacial score (nSPS) is 27.3. The Hall–Kier alpha value is -2.11. The highest BCUT2D eigenvalue weighted by Gasteiger charge is 2.50. The minimum atomic E-state index is -0.435. The average Bonchev–Trinajstić information content (AvgIpc) is 3.10. The van der Waals surface area contributed by atoms with Crippen molar-refractivity contribution in [2.45, 2.75) is 57.4 Å². The molecule has 1 N–H and O–H groups in total. The lowest BCUT2D eigenvalue weighted by molar-refractivity contribution is -0.149. The number of hydrogen-bond acceptors (Lipinski definition) is 4. The maximum absolute atomic E-state index is 13.3. The molecule has 26 heavy (non-hydrogen) atoms. The summed E-state index contributed by atoms with van der Waals surface area (Å²) in [5, 5.41) is 9.92. The Morgan fingerprint density at radius 1 is 1.15 bits per heavy atom. The Bertz CT molecular complexity index is 701. The van der Waals surface area contributed by atoms with Crippen LogP contribution in [0.25, 0.3) is 0 Å². The number of piperidine rings is 1. The first-order valence-corrected chi connectivity index (χ1v) is 9.85. The van der Waals surface area contributed by atoms with E-state index in [1.54, 1.807) is 11.0 Å². The van der Waals surface area contributed by atoms with Crippen LogP contribution in [-0.4, -0.2) is 57.4 Å². The first-order chi connectivity index (χ1) is 12.6. The number of aromatic nitrogens is 1. The summed E-state index contributed by atoms with van der Waals surface area (Å²) in [4.78, 5) is 34.0. The Morgan fingerprint density at radius 3 is 2.73 bits per heavy atom. The number of likely N-dealkylation sites (tertiary alicyclic amines) is 2. The molecule has 2 saturated heterocycles. The highest BCUT2D eigenvalue weighted by molar-refractivity contribution is 5.96. The summed E-state index contributed by atoms with van der Waals surface area (Å²) in [7, 11) is 0.